The van der Waals surface area contributed by atoms with Gasteiger partial charge < -0.3 is 14.8 Å². The highest BCUT2D eigenvalue weighted by atomic mass is 32.2. The maximum absolute atomic E-state index is 12.4. The van der Waals surface area contributed by atoms with Crippen molar-refractivity contribution in [1.82, 2.24) is 19.7 Å². The molecular weight excluding hydrogens is 474 g/mol. The van der Waals surface area contributed by atoms with Gasteiger partial charge in [0, 0.05) is 11.9 Å². The Morgan fingerprint density at radius 1 is 1.29 bits per heavy atom. The number of carbonyl (C=O) groups is 2. The van der Waals surface area contributed by atoms with Gasteiger partial charge in [0.25, 0.3) is 0 Å². The van der Waals surface area contributed by atoms with Crippen LogP contribution in [0.2, 0.25) is 0 Å². The number of hydrogen-bond acceptors (Lipinski definition) is 9. The number of nitrogens with one attached hydrogen (secondary N) is 1. The average Bonchev–Trinajstić information content (AvgIpc) is 3.39. The van der Waals surface area contributed by atoms with Gasteiger partial charge in [-0.25, -0.2) is 4.98 Å². The molecule has 0 aliphatic rings. The quantitative estimate of drug-likeness (QED) is 0.226. The molecule has 0 fully saturated rings. The van der Waals surface area contributed by atoms with Crippen LogP contribution in [0, 0.1) is 13.8 Å². The Labute approximate surface area is 206 Å². The number of carbonyl (C=O) groups excluding carboxylic acids is 2. The van der Waals surface area contributed by atoms with E-state index in [0.717, 1.165) is 16.9 Å². The minimum atomic E-state index is -0.347. The molecular formula is C23H27N5O4S2. The van der Waals surface area contributed by atoms with Crippen LogP contribution in [0.4, 0.5) is 5.13 Å². The minimum Gasteiger partial charge on any atom is -0.485 e. The van der Waals surface area contributed by atoms with E-state index in [4.69, 9.17) is 9.47 Å². The number of esters is 1. The Morgan fingerprint density at radius 2 is 2.12 bits per heavy atom. The second kappa shape index (κ2) is 12.3. The van der Waals surface area contributed by atoms with Crippen LogP contribution >= 0.6 is 23.1 Å². The third-order valence-electron chi connectivity index (χ3n) is 4.57. The highest BCUT2D eigenvalue weighted by Crippen LogP contribution is 2.23. The molecule has 0 saturated heterocycles. The second-order valence-electron chi connectivity index (χ2n) is 7.32. The maximum Gasteiger partial charge on any atom is 0.311 e. The standard InChI is InChI=1S/C23H27N5O4S2/c1-5-9-28-19(12-32-18-10-15(3)7-8-16(18)4)26-27-23(28)34-14-20(29)25-22-24-17(13-33-22)11-21(30)31-6-2/h5,7-8,10,13H,1,6,9,11-12,14H2,2-4H3,(H,24,25,29). The Morgan fingerprint density at radius 3 is 2.88 bits per heavy atom. The number of nitrogens with zero attached hydrogens (tertiary/aromatic N) is 4. The van der Waals surface area contributed by atoms with Crippen LogP contribution < -0.4 is 10.1 Å². The summed E-state index contributed by atoms with van der Waals surface area (Å²) in [5.74, 6) is 0.989. The molecule has 11 heteroatoms. The van der Waals surface area contributed by atoms with Gasteiger partial charge >= 0.3 is 5.97 Å². The molecule has 1 aromatic carbocycles. The molecule has 2 aromatic heterocycles. The number of allylic oxidation sites excluding steroid dienone is 1. The average molecular weight is 502 g/mol. The van der Waals surface area contributed by atoms with E-state index in [9.17, 15) is 9.59 Å². The molecule has 1 amide bonds. The van der Waals surface area contributed by atoms with E-state index >= 15 is 0 Å². The molecule has 3 aromatic rings. The van der Waals surface area contributed by atoms with Crippen molar-refractivity contribution >= 4 is 40.1 Å². The third kappa shape index (κ3) is 7.16. The smallest absolute Gasteiger partial charge is 0.311 e. The number of thioether (sulfide) groups is 1. The monoisotopic (exact) mass is 501 g/mol. The summed E-state index contributed by atoms with van der Waals surface area (Å²) in [6.45, 7) is 10.6. The highest BCUT2D eigenvalue weighted by Gasteiger charge is 2.16. The fourth-order valence-electron chi connectivity index (χ4n) is 2.94. The van der Waals surface area contributed by atoms with E-state index in [0.29, 0.717) is 35.0 Å². The predicted molar refractivity (Wildman–Crippen MR) is 132 cm³/mol. The SMILES string of the molecule is C=CCn1c(COc2cc(C)ccc2C)nnc1SCC(=O)Nc1nc(CC(=O)OCC)cs1. The van der Waals surface area contributed by atoms with Gasteiger partial charge in [0.15, 0.2) is 16.1 Å². The maximum atomic E-state index is 12.4. The summed E-state index contributed by atoms with van der Waals surface area (Å²) in [7, 11) is 0. The number of hydrogen-bond donors (Lipinski definition) is 1. The largest absolute Gasteiger partial charge is 0.485 e. The van der Waals surface area contributed by atoms with E-state index in [1.54, 1.807) is 18.4 Å². The van der Waals surface area contributed by atoms with Crippen LogP contribution in [0.15, 0.2) is 41.4 Å². The summed E-state index contributed by atoms with van der Waals surface area (Å²) in [5.41, 5.74) is 2.72. The molecule has 0 aliphatic carbocycles. The Hall–Kier alpha value is -3.18. The topological polar surface area (TPSA) is 108 Å². The number of ether oxygens (including phenoxy) is 2. The Bertz CT molecular complexity index is 1160. The van der Waals surface area contributed by atoms with E-state index < -0.39 is 0 Å². The van der Waals surface area contributed by atoms with Crippen LogP contribution in [0.25, 0.3) is 0 Å². The van der Waals surface area contributed by atoms with Gasteiger partial charge in [-0.05, 0) is 38.0 Å². The normalized spacial score (nSPS) is 10.7. The zero-order valence-corrected chi connectivity index (χ0v) is 21.0. The molecule has 180 valence electrons. The van der Waals surface area contributed by atoms with Crippen molar-refractivity contribution < 1.29 is 19.1 Å². The summed E-state index contributed by atoms with van der Waals surface area (Å²) >= 11 is 2.52. The van der Waals surface area contributed by atoms with E-state index in [2.05, 4.69) is 27.1 Å². The number of rotatable bonds is 12. The van der Waals surface area contributed by atoms with Crippen molar-refractivity contribution in [2.24, 2.45) is 0 Å². The van der Waals surface area contributed by atoms with Crippen molar-refractivity contribution in [3.05, 3.63) is 58.9 Å². The molecule has 3 rings (SSSR count). The van der Waals surface area contributed by atoms with Crippen LogP contribution in [0.5, 0.6) is 5.75 Å². The fourth-order valence-corrected chi connectivity index (χ4v) is 4.43. The first-order valence-electron chi connectivity index (χ1n) is 10.6. The second-order valence-corrected chi connectivity index (χ2v) is 9.12. The fraction of sp³-hybridized carbons (Fsp3) is 0.348. The van der Waals surface area contributed by atoms with Crippen molar-refractivity contribution in [1.29, 1.82) is 0 Å². The van der Waals surface area contributed by atoms with Gasteiger partial charge in [0.05, 0.1) is 24.5 Å². The first-order chi connectivity index (χ1) is 16.4. The summed E-state index contributed by atoms with van der Waals surface area (Å²) < 4.78 is 12.8. The lowest BCUT2D eigenvalue weighted by atomic mass is 10.1. The lowest BCUT2D eigenvalue weighted by molar-refractivity contribution is -0.142. The van der Waals surface area contributed by atoms with Crippen LogP contribution in [-0.4, -0.2) is 44.0 Å². The molecule has 0 spiro atoms. The minimum absolute atomic E-state index is 0.0759. The number of benzene rings is 1. The summed E-state index contributed by atoms with van der Waals surface area (Å²) in [5, 5.41) is 14.0. The van der Waals surface area contributed by atoms with E-state index in [-0.39, 0.29) is 30.7 Å². The van der Waals surface area contributed by atoms with Crippen molar-refractivity contribution in [2.75, 3.05) is 17.7 Å². The van der Waals surface area contributed by atoms with Crippen LogP contribution in [0.1, 0.15) is 29.6 Å². The van der Waals surface area contributed by atoms with Gasteiger partial charge in [0.2, 0.25) is 5.91 Å². The lowest BCUT2D eigenvalue weighted by Crippen LogP contribution is -2.15. The van der Waals surface area contributed by atoms with Gasteiger partial charge in [0.1, 0.15) is 12.4 Å². The van der Waals surface area contributed by atoms with Crippen LogP contribution in [-0.2, 0) is 33.9 Å². The van der Waals surface area contributed by atoms with Crippen molar-refractivity contribution in [3.8, 4) is 5.75 Å². The molecule has 0 unspecified atom stereocenters. The van der Waals surface area contributed by atoms with Crippen molar-refractivity contribution in [3.63, 3.8) is 0 Å². The lowest BCUT2D eigenvalue weighted by Gasteiger charge is -2.11. The Kier molecular flexibility index (Phi) is 9.23. The third-order valence-corrected chi connectivity index (χ3v) is 6.34. The zero-order valence-electron chi connectivity index (χ0n) is 19.4. The van der Waals surface area contributed by atoms with E-state index in [1.807, 2.05) is 36.6 Å². The van der Waals surface area contributed by atoms with Gasteiger partial charge in [-0.2, -0.15) is 0 Å². The van der Waals surface area contributed by atoms with Crippen LogP contribution in [0.3, 0.4) is 0 Å². The zero-order chi connectivity index (χ0) is 24.5. The molecule has 1 N–H and O–H groups in total. The number of thiazole rings is 1. The van der Waals surface area contributed by atoms with Gasteiger partial charge in [-0.15, -0.1) is 28.1 Å². The molecule has 2 heterocycles. The molecule has 0 atom stereocenters. The first-order valence-corrected chi connectivity index (χ1v) is 12.5. The Balaban J connectivity index is 1.57. The number of aryl methyl sites for hydroxylation is 2. The molecule has 34 heavy (non-hydrogen) atoms. The molecule has 9 nitrogen and oxygen atoms in total. The highest BCUT2D eigenvalue weighted by molar-refractivity contribution is 7.99. The first kappa shape index (κ1) is 25.4. The molecule has 0 saturated carbocycles. The molecule has 0 radical (unpaired) electrons. The predicted octanol–water partition coefficient (Wildman–Crippen LogP) is 3.95. The molecule has 0 aliphatic heterocycles. The molecule has 0 bridgehead atoms. The number of anilines is 1. The van der Waals surface area contributed by atoms with Crippen molar-refractivity contribution in [2.45, 2.75) is 45.5 Å². The number of aromatic nitrogens is 4. The number of amides is 1. The summed E-state index contributed by atoms with van der Waals surface area (Å²) in [6.07, 6.45) is 1.82. The summed E-state index contributed by atoms with van der Waals surface area (Å²) in [4.78, 5) is 28.2. The van der Waals surface area contributed by atoms with E-state index in [1.165, 1.54) is 23.1 Å². The van der Waals surface area contributed by atoms with Gasteiger partial charge in [-0.3, -0.25) is 14.2 Å². The van der Waals surface area contributed by atoms with Gasteiger partial charge in [-0.1, -0.05) is 30.0 Å². The summed E-state index contributed by atoms with van der Waals surface area (Å²) in [6, 6.07) is 6.04.